The number of para-hydroxylation sites is 4. The van der Waals surface area contributed by atoms with Crippen LogP contribution < -0.4 is 5.46 Å². The van der Waals surface area contributed by atoms with Crippen LogP contribution in [0.4, 0.5) is 0 Å². The van der Waals surface area contributed by atoms with E-state index in [4.69, 9.17) is 19.3 Å². The van der Waals surface area contributed by atoms with Gasteiger partial charge in [-0.15, -0.1) is 0 Å². The number of hydrogen-bond donors (Lipinski definition) is 0. The Morgan fingerprint density at radius 2 is 0.902 bits per heavy atom. The lowest BCUT2D eigenvalue weighted by Crippen LogP contribution is -2.41. The van der Waals surface area contributed by atoms with Crippen molar-refractivity contribution in [2.75, 3.05) is 0 Å². The molecule has 2 aromatic heterocycles. The standard InChI is InChI=1S/C44H45BN4O2/c1-43(2)44(3,4)51-45(50-43)36-28-32(17-15-30-19-23-34(24-20-30)41-46-37-11-7-9-13-39(37)48(41)5)27-33(29-36)18-16-31-21-25-35(26-22-31)42-47-38-12-8-10-14-40(38)49(42)6/h7-14,19-29H,15-18H2,1-6H3. The van der Waals surface area contributed by atoms with Crippen molar-refractivity contribution in [3.8, 4) is 22.8 Å². The molecule has 0 saturated carbocycles. The van der Waals surface area contributed by atoms with E-state index < -0.39 is 18.3 Å². The maximum absolute atomic E-state index is 6.52. The fourth-order valence-corrected chi connectivity index (χ4v) is 7.22. The lowest BCUT2D eigenvalue weighted by atomic mass is 9.76. The van der Waals surface area contributed by atoms with Gasteiger partial charge in [0.05, 0.1) is 33.3 Å². The molecule has 0 spiro atoms. The van der Waals surface area contributed by atoms with Crippen LogP contribution in [-0.2, 0) is 49.1 Å². The van der Waals surface area contributed by atoms with Gasteiger partial charge in [0.15, 0.2) is 0 Å². The molecule has 3 heterocycles. The van der Waals surface area contributed by atoms with Crippen molar-refractivity contribution in [1.82, 2.24) is 19.1 Å². The van der Waals surface area contributed by atoms with E-state index in [9.17, 15) is 0 Å². The van der Waals surface area contributed by atoms with Crippen LogP contribution in [0.2, 0.25) is 0 Å². The van der Waals surface area contributed by atoms with Crippen molar-refractivity contribution in [3.05, 3.63) is 138 Å². The Balaban J connectivity index is 1.00. The van der Waals surface area contributed by atoms with Gasteiger partial charge < -0.3 is 18.4 Å². The van der Waals surface area contributed by atoms with Crippen LogP contribution >= 0.6 is 0 Å². The quantitative estimate of drug-likeness (QED) is 0.144. The maximum atomic E-state index is 6.52. The van der Waals surface area contributed by atoms with Gasteiger partial charge in [0.1, 0.15) is 11.6 Å². The van der Waals surface area contributed by atoms with Crippen molar-refractivity contribution < 1.29 is 9.31 Å². The van der Waals surface area contributed by atoms with Crippen LogP contribution in [-0.4, -0.2) is 37.4 Å². The van der Waals surface area contributed by atoms with Crippen molar-refractivity contribution in [3.63, 3.8) is 0 Å². The molecule has 7 aromatic rings. The first-order valence-electron chi connectivity index (χ1n) is 18.0. The zero-order valence-corrected chi connectivity index (χ0v) is 30.5. The van der Waals surface area contributed by atoms with Gasteiger partial charge in [-0.05, 0) is 105 Å². The third-order valence-corrected chi connectivity index (χ3v) is 11.0. The third-order valence-electron chi connectivity index (χ3n) is 11.0. The minimum atomic E-state index is -0.395. The zero-order chi connectivity index (χ0) is 35.3. The number of nitrogens with zero attached hydrogens (tertiary/aromatic N) is 4. The molecular weight excluding hydrogens is 627 g/mol. The summed E-state index contributed by atoms with van der Waals surface area (Å²) in [6.45, 7) is 8.47. The molecule has 1 aliphatic rings. The van der Waals surface area contributed by atoms with Crippen molar-refractivity contribution in [2.24, 2.45) is 14.1 Å². The lowest BCUT2D eigenvalue weighted by Gasteiger charge is -2.32. The molecule has 0 atom stereocenters. The first-order chi connectivity index (χ1) is 24.5. The summed E-state index contributed by atoms with van der Waals surface area (Å²) in [5.74, 6) is 1.98. The number of hydrogen-bond acceptors (Lipinski definition) is 4. The fraction of sp³-hybridized carbons (Fsp3) is 0.273. The van der Waals surface area contributed by atoms with E-state index in [2.05, 4.69) is 154 Å². The highest BCUT2D eigenvalue weighted by atomic mass is 16.7. The molecular formula is C44H45BN4O2. The van der Waals surface area contributed by atoms with Gasteiger partial charge in [-0.2, -0.15) is 0 Å². The summed E-state index contributed by atoms with van der Waals surface area (Å²) in [5.41, 5.74) is 12.1. The Bertz CT molecular complexity index is 2190. The molecule has 256 valence electrons. The summed E-state index contributed by atoms with van der Waals surface area (Å²) < 4.78 is 17.4. The number of fused-ring (bicyclic) bond motifs is 2. The minimum Gasteiger partial charge on any atom is -0.399 e. The van der Waals surface area contributed by atoms with E-state index >= 15 is 0 Å². The highest BCUT2D eigenvalue weighted by Gasteiger charge is 2.51. The van der Waals surface area contributed by atoms with Crippen LogP contribution in [0.5, 0.6) is 0 Å². The van der Waals surface area contributed by atoms with Crippen LogP contribution in [0, 0.1) is 0 Å². The molecule has 0 amide bonds. The SMILES string of the molecule is Cn1c(-c2ccc(CCc3cc(CCc4ccc(-c5nc6ccccc6n5C)cc4)cc(B4OC(C)(C)C(C)(C)O4)c3)cc2)nc2ccccc21. The Kier molecular flexibility index (Phi) is 8.44. The first kappa shape index (κ1) is 33.2. The summed E-state index contributed by atoms with van der Waals surface area (Å²) >= 11 is 0. The largest absolute Gasteiger partial charge is 0.494 e. The van der Waals surface area contributed by atoms with Gasteiger partial charge in [0.25, 0.3) is 0 Å². The molecule has 1 fully saturated rings. The average molecular weight is 673 g/mol. The number of imidazole rings is 2. The van der Waals surface area contributed by atoms with Gasteiger partial charge in [0.2, 0.25) is 0 Å². The van der Waals surface area contributed by atoms with E-state index in [0.29, 0.717) is 0 Å². The van der Waals surface area contributed by atoms with Crippen molar-refractivity contribution in [2.45, 2.75) is 64.6 Å². The van der Waals surface area contributed by atoms with Gasteiger partial charge in [-0.3, -0.25) is 0 Å². The summed E-state index contributed by atoms with van der Waals surface area (Å²) in [5, 5.41) is 0. The van der Waals surface area contributed by atoms with Crippen LogP contribution in [0.15, 0.2) is 115 Å². The minimum absolute atomic E-state index is 0.393. The van der Waals surface area contributed by atoms with E-state index in [1.807, 2.05) is 12.1 Å². The Labute approximate surface area is 301 Å². The van der Waals surface area contributed by atoms with Crippen molar-refractivity contribution >= 4 is 34.6 Å². The van der Waals surface area contributed by atoms with Gasteiger partial charge in [-0.1, -0.05) is 91.0 Å². The topological polar surface area (TPSA) is 54.1 Å². The summed E-state index contributed by atoms with van der Waals surface area (Å²) in [4.78, 5) is 9.78. The van der Waals surface area contributed by atoms with Gasteiger partial charge in [-0.25, -0.2) is 9.97 Å². The molecule has 0 N–H and O–H groups in total. The Morgan fingerprint density at radius 1 is 0.510 bits per heavy atom. The average Bonchev–Trinajstić information content (AvgIpc) is 3.73. The van der Waals surface area contributed by atoms with Crippen LogP contribution in [0.1, 0.15) is 49.9 Å². The number of aryl methyl sites for hydroxylation is 6. The normalized spacial score (nSPS) is 15.3. The van der Waals surface area contributed by atoms with E-state index in [-0.39, 0.29) is 0 Å². The number of benzene rings is 5. The first-order valence-corrected chi connectivity index (χ1v) is 18.0. The smallest absolute Gasteiger partial charge is 0.399 e. The van der Waals surface area contributed by atoms with Crippen LogP contribution in [0.25, 0.3) is 44.8 Å². The second-order valence-corrected chi connectivity index (χ2v) is 15.0. The van der Waals surface area contributed by atoms with Gasteiger partial charge >= 0.3 is 7.12 Å². The molecule has 7 heteroatoms. The lowest BCUT2D eigenvalue weighted by molar-refractivity contribution is 0.00578. The molecule has 51 heavy (non-hydrogen) atoms. The Morgan fingerprint density at radius 3 is 1.31 bits per heavy atom. The highest BCUT2D eigenvalue weighted by molar-refractivity contribution is 6.62. The molecule has 1 aliphatic heterocycles. The van der Waals surface area contributed by atoms with E-state index in [1.54, 1.807) is 0 Å². The summed E-state index contributed by atoms with van der Waals surface area (Å²) in [7, 11) is 3.78. The summed E-state index contributed by atoms with van der Waals surface area (Å²) in [6.07, 6.45) is 3.74. The molecule has 0 unspecified atom stereocenters. The van der Waals surface area contributed by atoms with Crippen LogP contribution in [0.3, 0.4) is 0 Å². The molecule has 5 aromatic carbocycles. The Hall–Kier alpha value is -4.98. The predicted octanol–water partition coefficient (Wildman–Crippen LogP) is 8.66. The van der Waals surface area contributed by atoms with E-state index in [0.717, 1.165) is 76.0 Å². The van der Waals surface area contributed by atoms with Crippen molar-refractivity contribution in [1.29, 1.82) is 0 Å². The predicted molar refractivity (Wildman–Crippen MR) is 209 cm³/mol. The summed E-state index contributed by atoms with van der Waals surface area (Å²) in [6, 6.07) is 41.3. The molecule has 0 bridgehead atoms. The van der Waals surface area contributed by atoms with E-state index in [1.165, 1.54) is 22.3 Å². The molecule has 8 rings (SSSR count). The monoisotopic (exact) mass is 672 g/mol. The second kappa shape index (κ2) is 13.0. The van der Waals surface area contributed by atoms with Gasteiger partial charge in [0, 0.05) is 25.2 Å². The second-order valence-electron chi connectivity index (χ2n) is 15.0. The third kappa shape index (κ3) is 6.41. The molecule has 6 nitrogen and oxygen atoms in total. The highest BCUT2D eigenvalue weighted by Crippen LogP contribution is 2.37. The molecule has 0 radical (unpaired) electrons. The molecule has 1 saturated heterocycles. The number of aromatic nitrogens is 4. The maximum Gasteiger partial charge on any atom is 0.494 e. The molecule has 0 aliphatic carbocycles. The fourth-order valence-electron chi connectivity index (χ4n) is 7.22. The number of rotatable bonds is 9. The zero-order valence-electron chi connectivity index (χ0n) is 30.5.